The number of hydrogen-bond donors (Lipinski definition) is 1. The van der Waals surface area contributed by atoms with Crippen molar-refractivity contribution >= 4 is 6.09 Å². The number of piperidine rings is 1. The van der Waals surface area contributed by atoms with Crippen LogP contribution in [0.5, 0.6) is 0 Å². The second-order valence-corrected chi connectivity index (χ2v) is 7.45. The van der Waals surface area contributed by atoms with E-state index in [-0.39, 0.29) is 24.8 Å². The topological polar surface area (TPSA) is 71.9 Å². The summed E-state index contributed by atoms with van der Waals surface area (Å²) in [6, 6.07) is 13.0. The van der Waals surface area contributed by atoms with Gasteiger partial charge in [-0.3, -0.25) is 9.88 Å². The van der Waals surface area contributed by atoms with Gasteiger partial charge in [0.1, 0.15) is 12.2 Å². The van der Waals surface area contributed by atoms with Gasteiger partial charge < -0.3 is 14.6 Å². The molecular formula is C21H24N2O4. The number of hydrogen-bond acceptors (Lipinski definition) is 5. The number of nitrogens with zero attached hydrogens (tertiary/aromatic N) is 2. The van der Waals surface area contributed by atoms with Gasteiger partial charge in [0.2, 0.25) is 0 Å². The van der Waals surface area contributed by atoms with Gasteiger partial charge in [-0.15, -0.1) is 0 Å². The lowest BCUT2D eigenvalue weighted by Gasteiger charge is -2.50. The molecule has 2 aromatic rings. The fourth-order valence-corrected chi connectivity index (χ4v) is 4.07. The molecule has 1 N–H and O–H groups in total. The van der Waals surface area contributed by atoms with Crippen molar-refractivity contribution in [1.29, 1.82) is 0 Å². The van der Waals surface area contributed by atoms with Crippen LogP contribution in [-0.2, 0) is 21.7 Å². The maximum Gasteiger partial charge on any atom is 0.410 e. The number of amides is 1. The number of ether oxygens (including phenoxy) is 2. The van der Waals surface area contributed by atoms with E-state index in [0.717, 1.165) is 11.1 Å². The molecule has 2 bridgehead atoms. The van der Waals surface area contributed by atoms with Gasteiger partial charge in [-0.2, -0.15) is 0 Å². The minimum absolute atomic E-state index is 0.229. The summed E-state index contributed by atoms with van der Waals surface area (Å²) in [7, 11) is 0. The van der Waals surface area contributed by atoms with Crippen molar-refractivity contribution in [2.75, 3.05) is 13.2 Å². The summed E-state index contributed by atoms with van der Waals surface area (Å²) in [5.74, 6) is 0. The van der Waals surface area contributed by atoms with Gasteiger partial charge in [0.15, 0.2) is 0 Å². The molecule has 0 saturated carbocycles. The Morgan fingerprint density at radius 3 is 2.63 bits per heavy atom. The maximum atomic E-state index is 12.7. The molecular weight excluding hydrogens is 344 g/mol. The van der Waals surface area contributed by atoms with Crippen LogP contribution in [0.4, 0.5) is 4.79 Å². The Kier molecular flexibility index (Phi) is 4.85. The Balaban J connectivity index is 1.49. The second kappa shape index (κ2) is 7.29. The normalized spacial score (nSPS) is 27.3. The van der Waals surface area contributed by atoms with Crippen molar-refractivity contribution in [3.05, 3.63) is 65.5 Å². The Morgan fingerprint density at radius 1 is 1.26 bits per heavy atom. The lowest BCUT2D eigenvalue weighted by Crippen LogP contribution is -2.62. The monoisotopic (exact) mass is 368 g/mol. The summed E-state index contributed by atoms with van der Waals surface area (Å²) in [5.41, 5.74) is 1.61. The minimum atomic E-state index is -1.05. The highest BCUT2D eigenvalue weighted by Gasteiger charge is 2.50. The Morgan fingerprint density at radius 2 is 1.96 bits per heavy atom. The summed E-state index contributed by atoms with van der Waals surface area (Å²) in [5, 5.41) is 11.3. The van der Waals surface area contributed by atoms with Crippen LogP contribution in [0.25, 0.3) is 0 Å². The fraction of sp³-hybridized carbons (Fsp3) is 0.429. The van der Waals surface area contributed by atoms with E-state index < -0.39 is 5.60 Å². The Bertz CT molecular complexity index is 797. The van der Waals surface area contributed by atoms with Crippen LogP contribution >= 0.6 is 0 Å². The molecule has 2 fully saturated rings. The van der Waals surface area contributed by atoms with Crippen LogP contribution < -0.4 is 0 Å². The number of morpholine rings is 1. The molecule has 0 radical (unpaired) electrons. The van der Waals surface area contributed by atoms with Crippen molar-refractivity contribution in [3.63, 3.8) is 0 Å². The van der Waals surface area contributed by atoms with Crippen molar-refractivity contribution < 1.29 is 19.4 Å². The van der Waals surface area contributed by atoms with Crippen LogP contribution in [0.15, 0.2) is 48.7 Å². The molecule has 6 nitrogen and oxygen atoms in total. The molecule has 3 heterocycles. The molecule has 27 heavy (non-hydrogen) atoms. The highest BCUT2D eigenvalue weighted by molar-refractivity contribution is 5.69. The van der Waals surface area contributed by atoms with Gasteiger partial charge >= 0.3 is 6.09 Å². The molecule has 142 valence electrons. The van der Waals surface area contributed by atoms with Gasteiger partial charge in [-0.1, -0.05) is 30.3 Å². The zero-order valence-electron chi connectivity index (χ0n) is 15.4. The first-order chi connectivity index (χ1) is 13.0. The molecule has 2 atom stereocenters. The van der Waals surface area contributed by atoms with E-state index in [4.69, 9.17) is 9.47 Å². The molecule has 0 aliphatic carbocycles. The molecule has 6 heteroatoms. The number of carbonyl (C=O) groups excluding carboxylic acids is 1. The summed E-state index contributed by atoms with van der Waals surface area (Å²) in [6.45, 7) is 3.00. The second-order valence-electron chi connectivity index (χ2n) is 7.45. The number of aryl methyl sites for hydroxylation is 1. The van der Waals surface area contributed by atoms with Gasteiger partial charge in [0, 0.05) is 19.0 Å². The fourth-order valence-electron chi connectivity index (χ4n) is 4.07. The van der Waals surface area contributed by atoms with Crippen LogP contribution in [0.1, 0.15) is 29.7 Å². The van der Waals surface area contributed by atoms with Crippen molar-refractivity contribution in [1.82, 2.24) is 9.88 Å². The smallest absolute Gasteiger partial charge is 0.410 e. The van der Waals surface area contributed by atoms with Crippen molar-refractivity contribution in [2.45, 2.75) is 44.1 Å². The number of rotatable bonds is 3. The van der Waals surface area contributed by atoms with E-state index in [1.807, 2.05) is 49.4 Å². The number of aromatic nitrogens is 1. The zero-order chi connectivity index (χ0) is 18.9. The molecule has 0 spiro atoms. The molecule has 4 rings (SSSR count). The molecule has 2 aliphatic heterocycles. The highest BCUT2D eigenvalue weighted by Crippen LogP contribution is 2.40. The first kappa shape index (κ1) is 17.9. The number of pyridine rings is 1. The third-order valence-electron chi connectivity index (χ3n) is 5.36. The van der Waals surface area contributed by atoms with Crippen molar-refractivity contribution in [3.8, 4) is 0 Å². The molecule has 2 aliphatic rings. The van der Waals surface area contributed by atoms with Crippen LogP contribution in [-0.4, -0.2) is 46.4 Å². The minimum Gasteiger partial charge on any atom is -0.445 e. The lowest BCUT2D eigenvalue weighted by atomic mass is 9.79. The summed E-state index contributed by atoms with van der Waals surface area (Å²) < 4.78 is 11.2. The summed E-state index contributed by atoms with van der Waals surface area (Å²) >= 11 is 0. The van der Waals surface area contributed by atoms with E-state index in [2.05, 4.69) is 4.98 Å². The molecule has 1 amide bonds. The van der Waals surface area contributed by atoms with E-state index in [1.54, 1.807) is 11.1 Å². The van der Waals surface area contributed by atoms with E-state index in [1.165, 1.54) is 0 Å². The molecule has 1 aromatic heterocycles. The van der Waals surface area contributed by atoms with Gasteiger partial charge in [0.05, 0.1) is 31.0 Å². The maximum absolute atomic E-state index is 12.7. The molecule has 2 unspecified atom stereocenters. The summed E-state index contributed by atoms with van der Waals surface area (Å²) in [4.78, 5) is 18.9. The van der Waals surface area contributed by atoms with E-state index >= 15 is 0 Å². The first-order valence-corrected chi connectivity index (χ1v) is 9.27. The first-order valence-electron chi connectivity index (χ1n) is 9.27. The standard InChI is InChI=1S/C21H24N2O4/c1-15-7-8-22-19(9-15)21(25)10-17-13-26-14-18(11-21)23(17)20(24)27-12-16-5-3-2-4-6-16/h2-9,17-18,25H,10-14H2,1H3. The Hall–Kier alpha value is -2.44. The van der Waals surface area contributed by atoms with Crippen LogP contribution in [0, 0.1) is 6.92 Å². The summed E-state index contributed by atoms with van der Waals surface area (Å²) in [6.07, 6.45) is 2.15. The number of fused-ring (bicyclic) bond motifs is 2. The van der Waals surface area contributed by atoms with E-state index in [9.17, 15) is 9.90 Å². The number of carbonyl (C=O) groups is 1. The predicted octanol–water partition coefficient (Wildman–Crippen LogP) is 2.78. The van der Waals surface area contributed by atoms with Crippen molar-refractivity contribution in [2.24, 2.45) is 0 Å². The van der Waals surface area contributed by atoms with Crippen LogP contribution in [0.3, 0.4) is 0 Å². The van der Waals surface area contributed by atoms with E-state index in [0.29, 0.717) is 31.7 Å². The SMILES string of the molecule is Cc1ccnc(C2(O)CC3COCC(C2)N3C(=O)OCc2ccccc2)c1. The lowest BCUT2D eigenvalue weighted by molar-refractivity contribution is -0.138. The molecule has 1 aromatic carbocycles. The average Bonchev–Trinajstić information content (AvgIpc) is 2.66. The average molecular weight is 368 g/mol. The van der Waals surface area contributed by atoms with Gasteiger partial charge in [-0.25, -0.2) is 4.79 Å². The number of benzene rings is 1. The third-order valence-corrected chi connectivity index (χ3v) is 5.36. The zero-order valence-corrected chi connectivity index (χ0v) is 15.4. The molecule has 2 saturated heterocycles. The quantitative estimate of drug-likeness (QED) is 0.902. The van der Waals surface area contributed by atoms with Gasteiger partial charge in [0.25, 0.3) is 0 Å². The van der Waals surface area contributed by atoms with Crippen LogP contribution in [0.2, 0.25) is 0 Å². The third kappa shape index (κ3) is 3.68. The Labute approximate surface area is 158 Å². The predicted molar refractivity (Wildman–Crippen MR) is 99.0 cm³/mol. The highest BCUT2D eigenvalue weighted by atomic mass is 16.6. The number of aliphatic hydroxyl groups is 1. The van der Waals surface area contributed by atoms with Gasteiger partial charge in [-0.05, 0) is 30.2 Å². The largest absolute Gasteiger partial charge is 0.445 e.